The van der Waals surface area contributed by atoms with Gasteiger partial charge in [0.1, 0.15) is 16.7 Å². The molecule has 0 N–H and O–H groups in total. The van der Waals surface area contributed by atoms with Crippen LogP contribution in [0.2, 0.25) is 0 Å². The highest BCUT2D eigenvalue weighted by atomic mass is 16.3. The quantitative estimate of drug-likeness (QED) is 0.189. The Morgan fingerprint density at radius 2 is 1.02 bits per heavy atom. The second kappa shape index (κ2) is 11.2. The maximum Gasteiger partial charge on any atom is 0.227 e. The van der Waals surface area contributed by atoms with Gasteiger partial charge < -0.3 is 13.7 Å². The minimum Gasteiger partial charge on any atom is -0.456 e. The zero-order valence-electron chi connectivity index (χ0n) is 25.4. The third-order valence-electron chi connectivity index (χ3n) is 8.68. The molecule has 9 aromatic rings. The minimum absolute atomic E-state index is 0.615. The number of hydrogen-bond donors (Lipinski definition) is 0. The summed E-state index contributed by atoms with van der Waals surface area (Å²) in [5, 5.41) is 2.18. The number of nitrogens with zero attached hydrogens (tertiary/aromatic N) is 2. The van der Waals surface area contributed by atoms with Crippen molar-refractivity contribution in [3.63, 3.8) is 0 Å². The number of benzene rings is 7. The van der Waals surface area contributed by atoms with Crippen molar-refractivity contribution in [1.29, 1.82) is 0 Å². The number of oxazole rings is 1. The van der Waals surface area contributed by atoms with Crippen LogP contribution in [-0.2, 0) is 0 Å². The summed E-state index contributed by atoms with van der Waals surface area (Å²) in [4.78, 5) is 7.14. The number of aromatic nitrogens is 1. The molecule has 9 rings (SSSR count). The summed E-state index contributed by atoms with van der Waals surface area (Å²) >= 11 is 0. The zero-order chi connectivity index (χ0) is 31.2. The van der Waals surface area contributed by atoms with Crippen LogP contribution in [0.4, 0.5) is 17.1 Å². The summed E-state index contributed by atoms with van der Waals surface area (Å²) in [7, 11) is 0. The molecule has 47 heavy (non-hydrogen) atoms. The van der Waals surface area contributed by atoms with E-state index in [0.717, 1.165) is 72.4 Å². The van der Waals surface area contributed by atoms with E-state index < -0.39 is 0 Å². The summed E-state index contributed by atoms with van der Waals surface area (Å²) in [5.41, 5.74) is 11.8. The van der Waals surface area contributed by atoms with E-state index >= 15 is 0 Å². The van der Waals surface area contributed by atoms with Gasteiger partial charge in [-0.25, -0.2) is 4.98 Å². The van der Waals surface area contributed by atoms with Crippen LogP contribution in [0.5, 0.6) is 0 Å². The Bertz CT molecular complexity index is 2530. The fourth-order valence-electron chi connectivity index (χ4n) is 6.45. The number of para-hydroxylation sites is 2. The molecule has 0 bridgehead atoms. The third-order valence-corrected chi connectivity index (χ3v) is 8.68. The first-order valence-corrected chi connectivity index (χ1v) is 15.7. The SMILES string of the molecule is c1ccc(-c2cccc(N(c3cccc(-c4cccc5nc(-c6ccccc6)oc45)c3)c3ccc4oc5ccccc5c4c3)c2)cc1. The maximum atomic E-state index is 6.42. The smallest absolute Gasteiger partial charge is 0.227 e. The van der Waals surface area contributed by atoms with Gasteiger partial charge in [0.2, 0.25) is 5.89 Å². The van der Waals surface area contributed by atoms with E-state index in [0.29, 0.717) is 5.89 Å². The van der Waals surface area contributed by atoms with Crippen molar-refractivity contribution < 1.29 is 8.83 Å². The normalized spacial score (nSPS) is 11.4. The first kappa shape index (κ1) is 27.0. The highest BCUT2D eigenvalue weighted by molar-refractivity contribution is 6.06. The molecule has 0 spiro atoms. The van der Waals surface area contributed by atoms with Crippen LogP contribution in [0, 0.1) is 0 Å². The lowest BCUT2D eigenvalue weighted by Gasteiger charge is -2.26. The van der Waals surface area contributed by atoms with Gasteiger partial charge in [-0.05, 0) is 83.4 Å². The lowest BCUT2D eigenvalue weighted by Crippen LogP contribution is -2.10. The lowest BCUT2D eigenvalue weighted by atomic mass is 10.0. The second-order valence-corrected chi connectivity index (χ2v) is 11.6. The fourth-order valence-corrected chi connectivity index (χ4v) is 6.45. The van der Waals surface area contributed by atoms with Crippen molar-refractivity contribution in [2.45, 2.75) is 0 Å². The van der Waals surface area contributed by atoms with Gasteiger partial charge in [0.15, 0.2) is 5.58 Å². The number of hydrogen-bond acceptors (Lipinski definition) is 4. The average molecular weight is 605 g/mol. The molecule has 7 aromatic carbocycles. The van der Waals surface area contributed by atoms with Gasteiger partial charge in [0.25, 0.3) is 0 Å². The van der Waals surface area contributed by atoms with E-state index in [1.807, 2.05) is 60.7 Å². The average Bonchev–Trinajstić information content (AvgIpc) is 3.75. The largest absolute Gasteiger partial charge is 0.456 e. The van der Waals surface area contributed by atoms with Crippen LogP contribution < -0.4 is 4.90 Å². The van der Waals surface area contributed by atoms with Gasteiger partial charge in [-0.1, -0.05) is 103 Å². The summed E-state index contributed by atoms with van der Waals surface area (Å²) in [6.07, 6.45) is 0. The molecule has 2 aromatic heterocycles. The number of rotatable bonds is 6. The van der Waals surface area contributed by atoms with Crippen LogP contribution in [-0.4, -0.2) is 4.98 Å². The van der Waals surface area contributed by atoms with Gasteiger partial charge in [0.05, 0.1) is 0 Å². The molecule has 222 valence electrons. The molecule has 4 heteroatoms. The molecular formula is C43H28N2O2. The molecule has 0 unspecified atom stereocenters. The van der Waals surface area contributed by atoms with Crippen molar-refractivity contribution >= 4 is 50.1 Å². The maximum absolute atomic E-state index is 6.42. The molecule has 0 aliphatic rings. The molecule has 0 saturated heterocycles. The van der Waals surface area contributed by atoms with E-state index in [1.165, 1.54) is 5.56 Å². The Balaban J connectivity index is 1.22. The summed E-state index contributed by atoms with van der Waals surface area (Å²) < 4.78 is 12.6. The van der Waals surface area contributed by atoms with Gasteiger partial charge in [-0.3, -0.25) is 0 Å². The molecule has 0 fully saturated rings. The van der Waals surface area contributed by atoms with Gasteiger partial charge in [0, 0.05) is 39.0 Å². The van der Waals surface area contributed by atoms with E-state index in [9.17, 15) is 0 Å². The first-order valence-electron chi connectivity index (χ1n) is 15.7. The number of anilines is 3. The highest BCUT2D eigenvalue weighted by Gasteiger charge is 2.18. The number of fused-ring (bicyclic) bond motifs is 4. The first-order chi connectivity index (χ1) is 23.3. The molecule has 4 nitrogen and oxygen atoms in total. The van der Waals surface area contributed by atoms with Crippen LogP contribution >= 0.6 is 0 Å². The molecule has 0 amide bonds. The Kier molecular flexibility index (Phi) is 6.43. The monoisotopic (exact) mass is 604 g/mol. The van der Waals surface area contributed by atoms with Crippen molar-refractivity contribution in [3.8, 4) is 33.7 Å². The Hall–Kier alpha value is -6.39. The van der Waals surface area contributed by atoms with Crippen molar-refractivity contribution in [2.75, 3.05) is 4.90 Å². The standard InChI is InChI=1S/C43H28N2O2/c1-3-12-29(13-4-1)31-16-9-18-33(26-31)45(35-24-25-41-38(28-35)37-20-7-8-23-40(37)46-41)34-19-10-17-32(27-34)36-21-11-22-39-42(36)47-43(44-39)30-14-5-2-6-15-30/h1-28H. The predicted octanol–water partition coefficient (Wildman–Crippen LogP) is 12.2. The molecule has 0 atom stereocenters. The van der Waals surface area contributed by atoms with Crippen LogP contribution in [0.25, 0.3) is 66.7 Å². The van der Waals surface area contributed by atoms with E-state index in [4.69, 9.17) is 13.8 Å². The Morgan fingerprint density at radius 3 is 1.83 bits per heavy atom. The minimum atomic E-state index is 0.615. The number of furan rings is 1. The molecule has 2 heterocycles. The van der Waals surface area contributed by atoms with Crippen LogP contribution in [0.15, 0.2) is 179 Å². The van der Waals surface area contributed by atoms with Gasteiger partial charge >= 0.3 is 0 Å². The summed E-state index contributed by atoms with van der Waals surface area (Å²) in [6, 6.07) is 58.7. The lowest BCUT2D eigenvalue weighted by molar-refractivity contribution is 0.621. The van der Waals surface area contributed by atoms with Crippen LogP contribution in [0.1, 0.15) is 0 Å². The molecule has 0 radical (unpaired) electrons. The zero-order valence-corrected chi connectivity index (χ0v) is 25.4. The third kappa shape index (κ3) is 4.84. The highest BCUT2D eigenvalue weighted by Crippen LogP contribution is 2.42. The second-order valence-electron chi connectivity index (χ2n) is 11.6. The van der Waals surface area contributed by atoms with Gasteiger partial charge in [-0.15, -0.1) is 0 Å². The molecule has 0 aliphatic heterocycles. The molecule has 0 aliphatic carbocycles. The molecular weight excluding hydrogens is 576 g/mol. The van der Waals surface area contributed by atoms with Gasteiger partial charge in [-0.2, -0.15) is 0 Å². The van der Waals surface area contributed by atoms with E-state index in [-0.39, 0.29) is 0 Å². The van der Waals surface area contributed by atoms with Crippen molar-refractivity contribution in [1.82, 2.24) is 4.98 Å². The van der Waals surface area contributed by atoms with E-state index in [1.54, 1.807) is 0 Å². The molecule has 0 saturated carbocycles. The van der Waals surface area contributed by atoms with Crippen LogP contribution in [0.3, 0.4) is 0 Å². The Labute approximate surface area is 271 Å². The topological polar surface area (TPSA) is 42.4 Å². The Morgan fingerprint density at radius 1 is 0.404 bits per heavy atom. The predicted molar refractivity (Wildman–Crippen MR) is 192 cm³/mol. The van der Waals surface area contributed by atoms with Crippen molar-refractivity contribution in [2.24, 2.45) is 0 Å². The van der Waals surface area contributed by atoms with E-state index in [2.05, 4.69) is 114 Å². The fraction of sp³-hybridized carbons (Fsp3) is 0. The summed E-state index contributed by atoms with van der Waals surface area (Å²) in [5.74, 6) is 0.615. The summed E-state index contributed by atoms with van der Waals surface area (Å²) in [6.45, 7) is 0. The van der Waals surface area contributed by atoms with Crippen molar-refractivity contribution in [3.05, 3.63) is 170 Å².